The van der Waals surface area contributed by atoms with Crippen molar-refractivity contribution in [1.29, 1.82) is 0 Å². The molecule has 1 unspecified atom stereocenters. The Morgan fingerprint density at radius 2 is 1.94 bits per heavy atom. The van der Waals surface area contributed by atoms with Crippen molar-refractivity contribution < 1.29 is 0 Å². The molecule has 0 aliphatic carbocycles. The maximum absolute atomic E-state index is 12.2. The fourth-order valence-corrected chi connectivity index (χ4v) is 1.51. The number of rotatable bonds is 4. The first-order valence-corrected chi connectivity index (χ1v) is 6.53. The Labute approximate surface area is 109 Å². The fourth-order valence-electron chi connectivity index (χ4n) is 1.51. The molecule has 0 saturated heterocycles. The van der Waals surface area contributed by atoms with E-state index in [0.717, 1.165) is 6.54 Å². The number of nitrogens with zero attached hydrogens (tertiary/aromatic N) is 2. The fraction of sp³-hybridized carbons (Fsp3) is 0.714. The molecule has 0 amide bonds. The molecule has 1 atom stereocenters. The van der Waals surface area contributed by atoms with Gasteiger partial charge in [-0.15, -0.1) is 0 Å². The Balaban J connectivity index is 2.94. The van der Waals surface area contributed by atoms with Crippen LogP contribution in [0.1, 0.15) is 41.5 Å². The minimum Gasteiger partial charge on any atom is -0.362 e. The minimum absolute atomic E-state index is 0.0395. The van der Waals surface area contributed by atoms with Crippen molar-refractivity contribution in [2.45, 2.75) is 54.1 Å². The number of hydrogen-bond acceptors (Lipinski definition) is 3. The van der Waals surface area contributed by atoms with Gasteiger partial charge in [0.2, 0.25) is 0 Å². The van der Waals surface area contributed by atoms with Crippen LogP contribution in [0.3, 0.4) is 0 Å². The van der Waals surface area contributed by atoms with Gasteiger partial charge in [0.05, 0.1) is 0 Å². The van der Waals surface area contributed by atoms with Gasteiger partial charge in [-0.05, 0) is 18.3 Å². The maximum Gasteiger partial charge on any atom is 0.293 e. The third-order valence-electron chi connectivity index (χ3n) is 3.13. The first-order valence-electron chi connectivity index (χ1n) is 6.53. The molecule has 0 aliphatic heterocycles. The van der Waals surface area contributed by atoms with Gasteiger partial charge >= 0.3 is 0 Å². The zero-order valence-electron chi connectivity index (χ0n) is 12.3. The van der Waals surface area contributed by atoms with Crippen LogP contribution in [0.25, 0.3) is 0 Å². The van der Waals surface area contributed by atoms with Gasteiger partial charge in [-0.25, -0.2) is 4.98 Å². The van der Waals surface area contributed by atoms with Crippen LogP contribution in [-0.2, 0) is 6.54 Å². The van der Waals surface area contributed by atoms with Crippen molar-refractivity contribution in [2.24, 2.45) is 11.3 Å². The highest BCUT2D eigenvalue weighted by Gasteiger charge is 2.21. The Morgan fingerprint density at radius 1 is 1.33 bits per heavy atom. The predicted octanol–water partition coefficient (Wildman–Crippen LogP) is 2.75. The summed E-state index contributed by atoms with van der Waals surface area (Å²) in [7, 11) is 0. The lowest BCUT2D eigenvalue weighted by Crippen LogP contribution is -2.35. The molecular weight excluding hydrogens is 226 g/mol. The Kier molecular flexibility index (Phi) is 4.54. The van der Waals surface area contributed by atoms with Gasteiger partial charge in [-0.2, -0.15) is 0 Å². The summed E-state index contributed by atoms with van der Waals surface area (Å²) in [6.45, 7) is 13.4. The summed E-state index contributed by atoms with van der Waals surface area (Å²) < 4.78 is 1.72. The molecule has 102 valence electrons. The number of nitrogens with one attached hydrogen (secondary N) is 1. The highest BCUT2D eigenvalue weighted by atomic mass is 16.1. The van der Waals surface area contributed by atoms with Gasteiger partial charge in [0.25, 0.3) is 5.56 Å². The van der Waals surface area contributed by atoms with Crippen molar-refractivity contribution in [3.63, 3.8) is 0 Å². The molecule has 0 saturated carbocycles. The van der Waals surface area contributed by atoms with Gasteiger partial charge in [0.15, 0.2) is 5.82 Å². The van der Waals surface area contributed by atoms with Crippen LogP contribution in [0.15, 0.2) is 17.2 Å². The summed E-state index contributed by atoms with van der Waals surface area (Å²) >= 11 is 0. The topological polar surface area (TPSA) is 46.9 Å². The van der Waals surface area contributed by atoms with Crippen molar-refractivity contribution in [1.82, 2.24) is 9.55 Å². The zero-order chi connectivity index (χ0) is 13.9. The molecule has 0 fully saturated rings. The van der Waals surface area contributed by atoms with Crippen LogP contribution < -0.4 is 10.9 Å². The zero-order valence-corrected chi connectivity index (χ0v) is 12.3. The molecular formula is C14H25N3O. The molecule has 1 N–H and O–H groups in total. The largest absolute Gasteiger partial charge is 0.362 e. The van der Waals surface area contributed by atoms with Crippen molar-refractivity contribution in [2.75, 3.05) is 5.32 Å². The lowest BCUT2D eigenvalue weighted by atomic mass is 9.88. The van der Waals surface area contributed by atoms with Crippen molar-refractivity contribution in [3.05, 3.63) is 22.7 Å². The third kappa shape index (κ3) is 3.86. The molecule has 1 aromatic heterocycles. The molecule has 0 radical (unpaired) electrons. The van der Waals surface area contributed by atoms with E-state index < -0.39 is 0 Å². The summed E-state index contributed by atoms with van der Waals surface area (Å²) in [5.74, 6) is 0.888. The van der Waals surface area contributed by atoms with E-state index in [1.54, 1.807) is 17.0 Å². The minimum atomic E-state index is -0.0395. The van der Waals surface area contributed by atoms with Crippen LogP contribution >= 0.6 is 0 Å². The molecule has 4 heteroatoms. The number of hydrogen-bond donors (Lipinski definition) is 1. The van der Waals surface area contributed by atoms with Crippen molar-refractivity contribution in [3.8, 4) is 0 Å². The second-order valence-electron chi connectivity index (χ2n) is 6.36. The van der Waals surface area contributed by atoms with Crippen LogP contribution in [0.2, 0.25) is 0 Å². The highest BCUT2D eigenvalue weighted by molar-refractivity contribution is 5.32. The lowest BCUT2D eigenvalue weighted by molar-refractivity contribution is 0.358. The number of anilines is 1. The molecule has 0 bridgehead atoms. The van der Waals surface area contributed by atoms with Crippen LogP contribution in [0.5, 0.6) is 0 Å². The predicted molar refractivity (Wildman–Crippen MR) is 75.9 cm³/mol. The number of aromatic nitrogens is 2. The average molecular weight is 251 g/mol. The van der Waals surface area contributed by atoms with E-state index in [9.17, 15) is 4.79 Å². The summed E-state index contributed by atoms with van der Waals surface area (Å²) in [4.78, 5) is 16.4. The summed E-state index contributed by atoms with van der Waals surface area (Å²) in [5.41, 5.74) is 0.0506. The molecule has 1 aromatic rings. The van der Waals surface area contributed by atoms with E-state index in [-0.39, 0.29) is 17.0 Å². The van der Waals surface area contributed by atoms with Gasteiger partial charge in [0, 0.05) is 25.0 Å². The first-order chi connectivity index (χ1) is 8.21. The SMILES string of the molecule is CC(C)Cn1ccnc(NC(C)C(C)(C)C)c1=O. The van der Waals surface area contributed by atoms with E-state index in [2.05, 4.69) is 51.8 Å². The third-order valence-corrected chi connectivity index (χ3v) is 3.13. The molecule has 18 heavy (non-hydrogen) atoms. The summed E-state index contributed by atoms with van der Waals surface area (Å²) in [5, 5.41) is 3.22. The highest BCUT2D eigenvalue weighted by Crippen LogP contribution is 2.20. The summed E-state index contributed by atoms with van der Waals surface area (Å²) in [6, 6.07) is 0.188. The lowest BCUT2D eigenvalue weighted by Gasteiger charge is -2.28. The van der Waals surface area contributed by atoms with Gasteiger partial charge < -0.3 is 9.88 Å². The molecule has 1 heterocycles. The maximum atomic E-state index is 12.2. The average Bonchev–Trinajstić information content (AvgIpc) is 2.21. The molecule has 0 aromatic carbocycles. The van der Waals surface area contributed by atoms with Crippen LogP contribution in [0.4, 0.5) is 5.82 Å². The Morgan fingerprint density at radius 3 is 2.44 bits per heavy atom. The monoisotopic (exact) mass is 251 g/mol. The smallest absolute Gasteiger partial charge is 0.293 e. The van der Waals surface area contributed by atoms with E-state index in [0.29, 0.717) is 11.7 Å². The van der Waals surface area contributed by atoms with Crippen LogP contribution in [-0.4, -0.2) is 15.6 Å². The second kappa shape index (κ2) is 5.55. The van der Waals surface area contributed by atoms with E-state index in [4.69, 9.17) is 0 Å². The van der Waals surface area contributed by atoms with E-state index in [1.807, 2.05) is 0 Å². The van der Waals surface area contributed by atoms with Crippen molar-refractivity contribution >= 4 is 5.82 Å². The van der Waals surface area contributed by atoms with E-state index in [1.165, 1.54) is 0 Å². The van der Waals surface area contributed by atoms with E-state index >= 15 is 0 Å². The first kappa shape index (κ1) is 14.7. The normalized spacial score (nSPS) is 13.7. The summed E-state index contributed by atoms with van der Waals surface area (Å²) in [6.07, 6.45) is 3.43. The van der Waals surface area contributed by atoms with Gasteiger partial charge in [0.1, 0.15) is 0 Å². The quantitative estimate of drug-likeness (QED) is 0.895. The Hall–Kier alpha value is -1.32. The molecule has 0 aliphatic rings. The molecule has 1 rings (SSSR count). The van der Waals surface area contributed by atoms with Crippen LogP contribution in [0, 0.1) is 11.3 Å². The van der Waals surface area contributed by atoms with Gasteiger partial charge in [-0.3, -0.25) is 4.79 Å². The Bertz CT molecular complexity index is 443. The second-order valence-corrected chi connectivity index (χ2v) is 6.36. The molecule has 4 nitrogen and oxygen atoms in total. The standard InChI is InChI=1S/C14H25N3O/c1-10(2)9-17-8-7-15-12(13(17)18)16-11(3)14(4,5)6/h7-8,10-11H,9H2,1-6H3,(H,15,16). The molecule has 0 spiro atoms. The van der Waals surface area contributed by atoms with Gasteiger partial charge in [-0.1, -0.05) is 34.6 Å².